The molecule has 0 saturated heterocycles. The summed E-state index contributed by atoms with van der Waals surface area (Å²) in [6.07, 6.45) is 5.27. The zero-order valence-electron chi connectivity index (χ0n) is 31.7. The van der Waals surface area contributed by atoms with E-state index in [9.17, 15) is 0 Å². The minimum absolute atomic E-state index is 0.565. The van der Waals surface area contributed by atoms with Gasteiger partial charge in [0.2, 0.25) is 0 Å². The molecule has 1 aliphatic carbocycles. The van der Waals surface area contributed by atoms with Crippen LogP contribution in [0.3, 0.4) is 0 Å². The average molecular weight is 769 g/mol. The molecule has 278 valence electrons. The quantitative estimate of drug-likeness (QED) is 0.158. The lowest BCUT2D eigenvalue weighted by Gasteiger charge is -2.34. The van der Waals surface area contributed by atoms with Gasteiger partial charge in [0.15, 0.2) is 7.14 Å². The second-order valence-corrected chi connectivity index (χ2v) is 17.9. The van der Waals surface area contributed by atoms with Gasteiger partial charge in [-0.1, -0.05) is 122 Å². The van der Waals surface area contributed by atoms with Crippen LogP contribution >= 0.6 is 7.14 Å². The monoisotopic (exact) mass is 768 g/mol. The predicted molar refractivity (Wildman–Crippen MR) is 236 cm³/mol. The average Bonchev–Trinajstić information content (AvgIpc) is 3.87. The Hall–Kier alpha value is -7.01. The molecule has 0 saturated carbocycles. The van der Waals surface area contributed by atoms with Gasteiger partial charge in [-0.05, 0) is 96.4 Å². The van der Waals surface area contributed by atoms with Crippen LogP contribution in [0.25, 0.3) is 44.6 Å². The van der Waals surface area contributed by atoms with Crippen molar-refractivity contribution in [3.63, 3.8) is 0 Å². The molecule has 2 aromatic heterocycles. The maximum atomic E-state index is 15.5. The Bertz CT molecular complexity index is 3160. The first kappa shape index (κ1) is 34.3. The van der Waals surface area contributed by atoms with Gasteiger partial charge >= 0.3 is 0 Å². The molecule has 0 N–H and O–H groups in total. The van der Waals surface area contributed by atoms with E-state index >= 15 is 4.57 Å². The van der Waals surface area contributed by atoms with Crippen molar-refractivity contribution in [1.29, 1.82) is 0 Å². The number of imidazole rings is 2. The van der Waals surface area contributed by atoms with Crippen LogP contribution in [0.15, 0.2) is 194 Å². The lowest BCUT2D eigenvalue weighted by atomic mass is 9.72. The zero-order chi connectivity index (χ0) is 38.8. The van der Waals surface area contributed by atoms with E-state index in [1.54, 1.807) is 0 Å². The van der Waals surface area contributed by atoms with Crippen LogP contribution < -0.4 is 20.7 Å². The maximum absolute atomic E-state index is 15.5. The highest BCUT2D eigenvalue weighted by Gasteiger charge is 2.41. The molecule has 0 bridgehead atoms. The SMILES string of the molecule is CC1(c2ccc3c(c2)Oc2ccccc2P3(=O)c2ccccc2)C=C(c2nc3ccccc3n2-c2ccccc2)C=C(c2nc3ccccc3n2-c2ccccc2)C1. The molecule has 0 amide bonds. The highest BCUT2D eigenvalue weighted by atomic mass is 31.2. The highest BCUT2D eigenvalue weighted by molar-refractivity contribution is 7.85. The molecular formula is C51H37N4O2P. The fourth-order valence-corrected chi connectivity index (χ4v) is 11.7. The van der Waals surface area contributed by atoms with E-state index < -0.39 is 12.6 Å². The van der Waals surface area contributed by atoms with Crippen molar-refractivity contribution in [2.24, 2.45) is 0 Å². The summed E-state index contributed by atoms with van der Waals surface area (Å²) in [6, 6.07) is 61.3. The van der Waals surface area contributed by atoms with Crippen LogP contribution in [0.4, 0.5) is 0 Å². The molecule has 58 heavy (non-hydrogen) atoms. The molecule has 6 nitrogen and oxygen atoms in total. The topological polar surface area (TPSA) is 61.9 Å². The summed E-state index contributed by atoms with van der Waals surface area (Å²) in [7, 11) is -3.24. The number of benzene rings is 7. The van der Waals surface area contributed by atoms with Crippen LogP contribution in [-0.2, 0) is 9.98 Å². The summed E-state index contributed by atoms with van der Waals surface area (Å²) >= 11 is 0. The normalized spacial score (nSPS) is 18.6. The van der Waals surface area contributed by atoms with Crippen molar-refractivity contribution in [2.45, 2.75) is 18.8 Å². The second-order valence-electron chi connectivity index (χ2n) is 15.3. The lowest BCUT2D eigenvalue weighted by Crippen LogP contribution is -2.31. The van der Waals surface area contributed by atoms with Gasteiger partial charge in [-0.3, -0.25) is 9.13 Å². The Morgan fingerprint density at radius 3 is 1.78 bits per heavy atom. The van der Waals surface area contributed by atoms with Gasteiger partial charge in [0.25, 0.3) is 0 Å². The van der Waals surface area contributed by atoms with Gasteiger partial charge in [-0.25, -0.2) is 9.97 Å². The molecule has 3 heterocycles. The third-order valence-electron chi connectivity index (χ3n) is 11.6. The first-order valence-electron chi connectivity index (χ1n) is 19.6. The first-order valence-corrected chi connectivity index (χ1v) is 21.3. The molecule has 0 spiro atoms. The van der Waals surface area contributed by atoms with Gasteiger partial charge in [0, 0.05) is 27.7 Å². The van der Waals surface area contributed by atoms with E-state index in [2.05, 4.69) is 125 Å². The smallest absolute Gasteiger partial charge is 0.178 e. The number of para-hydroxylation sites is 7. The summed E-state index contributed by atoms with van der Waals surface area (Å²) in [5.41, 5.74) is 8.51. The fraction of sp³-hybridized carbons (Fsp3) is 0.0588. The number of hydrogen-bond donors (Lipinski definition) is 0. The number of ether oxygens (including phenoxy) is 1. The van der Waals surface area contributed by atoms with Gasteiger partial charge in [0.1, 0.15) is 23.1 Å². The van der Waals surface area contributed by atoms with Crippen molar-refractivity contribution in [1.82, 2.24) is 19.1 Å². The van der Waals surface area contributed by atoms with Gasteiger partial charge in [-0.15, -0.1) is 0 Å². The number of rotatable bonds is 6. The van der Waals surface area contributed by atoms with E-state index in [1.165, 1.54) is 0 Å². The van der Waals surface area contributed by atoms with E-state index in [1.807, 2.05) is 84.9 Å². The molecule has 9 aromatic rings. The molecular weight excluding hydrogens is 732 g/mol. The molecule has 0 radical (unpaired) electrons. The summed E-state index contributed by atoms with van der Waals surface area (Å²) in [6.45, 7) is 2.28. The molecule has 7 heteroatoms. The van der Waals surface area contributed by atoms with Crippen molar-refractivity contribution < 1.29 is 9.30 Å². The maximum Gasteiger partial charge on any atom is 0.178 e. The van der Waals surface area contributed by atoms with Gasteiger partial charge in [0.05, 0.1) is 32.7 Å². The number of hydrogen-bond acceptors (Lipinski definition) is 4. The first-order chi connectivity index (χ1) is 28.5. The predicted octanol–water partition coefficient (Wildman–Crippen LogP) is 10.9. The molecule has 2 aliphatic rings. The zero-order valence-corrected chi connectivity index (χ0v) is 32.6. The van der Waals surface area contributed by atoms with Crippen LogP contribution in [-0.4, -0.2) is 19.1 Å². The minimum atomic E-state index is -3.24. The largest absolute Gasteiger partial charge is 0.456 e. The molecule has 0 fully saturated rings. The van der Waals surface area contributed by atoms with Gasteiger partial charge in [-0.2, -0.15) is 0 Å². The number of allylic oxidation sites excluding steroid dienone is 4. The van der Waals surface area contributed by atoms with Crippen LogP contribution in [0.2, 0.25) is 0 Å². The van der Waals surface area contributed by atoms with E-state index in [-0.39, 0.29) is 0 Å². The van der Waals surface area contributed by atoms with Crippen LogP contribution in [0.1, 0.15) is 30.6 Å². The third kappa shape index (κ3) is 5.37. The van der Waals surface area contributed by atoms with Crippen LogP contribution in [0, 0.1) is 0 Å². The standard InChI is InChI=1S/C51H37N4O2P/c1-51(37-29-30-48-46(32-37)57-45-27-15-16-28-47(45)58(48,56)40-21-9-4-10-22-40)33-35(49-52-41-23-11-13-25-43(41)54(49)38-17-5-2-6-18-38)31-36(34-51)50-53-42-24-12-14-26-44(42)55(50)39-19-7-3-8-20-39/h2-33H,34H2,1H3. The molecule has 11 rings (SSSR count). The Kier molecular flexibility index (Phi) is 7.85. The summed E-state index contributed by atoms with van der Waals surface area (Å²) in [5, 5.41) is 2.21. The number of fused-ring (bicyclic) bond motifs is 4. The lowest BCUT2D eigenvalue weighted by molar-refractivity contribution is 0.482. The molecule has 2 unspecified atom stereocenters. The van der Waals surface area contributed by atoms with E-state index in [4.69, 9.17) is 14.7 Å². The fourth-order valence-electron chi connectivity index (χ4n) is 8.85. The second kappa shape index (κ2) is 13.3. The van der Waals surface area contributed by atoms with Crippen molar-refractivity contribution >= 4 is 56.3 Å². The Morgan fingerprint density at radius 1 is 0.569 bits per heavy atom. The number of aromatic nitrogens is 4. The van der Waals surface area contributed by atoms with Crippen molar-refractivity contribution in [3.05, 3.63) is 211 Å². The molecule has 2 atom stereocenters. The summed E-state index contributed by atoms with van der Waals surface area (Å²) in [5.74, 6) is 2.96. The summed E-state index contributed by atoms with van der Waals surface area (Å²) in [4.78, 5) is 10.7. The van der Waals surface area contributed by atoms with E-state index in [0.29, 0.717) is 23.2 Å². The molecule has 7 aromatic carbocycles. The molecule has 1 aliphatic heterocycles. The minimum Gasteiger partial charge on any atom is -0.456 e. The van der Waals surface area contributed by atoms with Crippen molar-refractivity contribution in [3.8, 4) is 22.9 Å². The Balaban J connectivity index is 1.15. The van der Waals surface area contributed by atoms with Crippen molar-refractivity contribution in [2.75, 3.05) is 0 Å². The Labute approximate surface area is 336 Å². The van der Waals surface area contributed by atoms with Crippen LogP contribution in [0.5, 0.6) is 11.5 Å². The van der Waals surface area contributed by atoms with E-state index in [0.717, 1.165) is 72.4 Å². The van der Waals surface area contributed by atoms with Gasteiger partial charge < -0.3 is 9.30 Å². The highest BCUT2D eigenvalue weighted by Crippen LogP contribution is 2.53. The summed E-state index contributed by atoms with van der Waals surface area (Å²) < 4.78 is 26.7. The number of nitrogens with zero attached hydrogens (tertiary/aromatic N) is 4. The third-order valence-corrected chi connectivity index (χ3v) is 14.7. The Morgan fingerprint density at radius 2 is 1.10 bits per heavy atom.